The standard InChI is InChI=1S/C21H26F2N2O4S2/c1-3-25(4-2)20(26)14-29-21-18(22)12-16(13-19(21)23)30-11-10-24-15-31(27,28)17-8-6-5-7-9-17/h5-9,12-13,24H,3-4,10-11,14-15H2,1-2H3. The van der Waals surface area contributed by atoms with Crippen LogP contribution in [0.2, 0.25) is 0 Å². The molecule has 170 valence electrons. The Morgan fingerprint density at radius 1 is 1.10 bits per heavy atom. The summed E-state index contributed by atoms with van der Waals surface area (Å²) in [6.07, 6.45) is 0. The van der Waals surface area contributed by atoms with Crippen LogP contribution in [0.4, 0.5) is 8.78 Å². The fourth-order valence-electron chi connectivity index (χ4n) is 2.72. The van der Waals surface area contributed by atoms with E-state index in [1.54, 1.807) is 32.0 Å². The number of rotatable bonds is 12. The van der Waals surface area contributed by atoms with Gasteiger partial charge in [0, 0.05) is 30.3 Å². The van der Waals surface area contributed by atoms with Gasteiger partial charge >= 0.3 is 0 Å². The maximum atomic E-state index is 14.2. The number of halogens is 2. The first-order chi connectivity index (χ1) is 14.8. The van der Waals surface area contributed by atoms with Crippen LogP contribution >= 0.6 is 11.8 Å². The number of amides is 1. The van der Waals surface area contributed by atoms with Gasteiger partial charge in [0.25, 0.3) is 5.91 Å². The summed E-state index contributed by atoms with van der Waals surface area (Å²) in [7, 11) is -3.44. The predicted octanol–water partition coefficient (Wildman–Crippen LogP) is 3.33. The molecule has 0 spiro atoms. The highest BCUT2D eigenvalue weighted by Crippen LogP contribution is 2.28. The number of nitrogens with one attached hydrogen (secondary N) is 1. The lowest BCUT2D eigenvalue weighted by Crippen LogP contribution is -2.34. The molecule has 0 saturated heterocycles. The molecule has 0 bridgehead atoms. The predicted molar refractivity (Wildman–Crippen MR) is 117 cm³/mol. The van der Waals surface area contributed by atoms with Crippen molar-refractivity contribution >= 4 is 27.5 Å². The van der Waals surface area contributed by atoms with Crippen molar-refractivity contribution in [2.45, 2.75) is 23.6 Å². The van der Waals surface area contributed by atoms with Gasteiger partial charge in [-0.05, 0) is 38.1 Å². The van der Waals surface area contributed by atoms with Crippen LogP contribution in [0.5, 0.6) is 5.75 Å². The zero-order valence-corrected chi connectivity index (χ0v) is 19.1. The molecule has 0 unspecified atom stereocenters. The lowest BCUT2D eigenvalue weighted by atomic mass is 10.3. The van der Waals surface area contributed by atoms with Gasteiger partial charge in [-0.15, -0.1) is 11.8 Å². The van der Waals surface area contributed by atoms with Crippen molar-refractivity contribution in [1.29, 1.82) is 0 Å². The third kappa shape index (κ3) is 7.48. The lowest BCUT2D eigenvalue weighted by Gasteiger charge is -2.19. The zero-order valence-electron chi connectivity index (χ0n) is 17.4. The Morgan fingerprint density at radius 3 is 2.29 bits per heavy atom. The molecule has 2 aromatic carbocycles. The molecule has 0 fully saturated rings. The molecule has 0 aliphatic carbocycles. The van der Waals surface area contributed by atoms with Gasteiger partial charge in [-0.3, -0.25) is 4.79 Å². The molecule has 1 N–H and O–H groups in total. The molecule has 0 heterocycles. The number of hydrogen-bond donors (Lipinski definition) is 1. The molecule has 10 heteroatoms. The molecular weight excluding hydrogens is 446 g/mol. The summed E-state index contributed by atoms with van der Waals surface area (Å²) in [4.78, 5) is 14.0. The van der Waals surface area contributed by atoms with Gasteiger partial charge in [-0.2, -0.15) is 0 Å². The Bertz CT molecular complexity index is 946. The third-order valence-electron chi connectivity index (χ3n) is 4.37. The number of hydrogen-bond acceptors (Lipinski definition) is 6. The first-order valence-corrected chi connectivity index (χ1v) is 12.4. The van der Waals surface area contributed by atoms with Crippen LogP contribution in [0.25, 0.3) is 0 Å². The van der Waals surface area contributed by atoms with Gasteiger partial charge < -0.3 is 15.0 Å². The Morgan fingerprint density at radius 2 is 1.71 bits per heavy atom. The molecule has 0 saturated carbocycles. The SMILES string of the molecule is CCN(CC)C(=O)COc1c(F)cc(SCCNCS(=O)(=O)c2ccccc2)cc1F. The van der Waals surface area contributed by atoms with Crippen molar-refractivity contribution in [3.8, 4) is 5.75 Å². The van der Waals surface area contributed by atoms with E-state index in [0.29, 0.717) is 30.3 Å². The second-order valence-electron chi connectivity index (χ2n) is 6.49. The highest BCUT2D eigenvalue weighted by Gasteiger charge is 2.17. The van der Waals surface area contributed by atoms with Crippen molar-refractivity contribution in [2.75, 3.05) is 37.9 Å². The lowest BCUT2D eigenvalue weighted by molar-refractivity contribution is -0.133. The first kappa shape index (κ1) is 25.1. The Balaban J connectivity index is 1.83. The van der Waals surface area contributed by atoms with Crippen LogP contribution in [0.3, 0.4) is 0 Å². The van der Waals surface area contributed by atoms with Crippen molar-refractivity contribution in [3.63, 3.8) is 0 Å². The maximum absolute atomic E-state index is 14.2. The third-order valence-corrected chi connectivity index (χ3v) is 6.92. The van der Waals surface area contributed by atoms with E-state index in [-0.39, 0.29) is 16.7 Å². The van der Waals surface area contributed by atoms with E-state index in [1.807, 2.05) is 0 Å². The summed E-state index contributed by atoms with van der Waals surface area (Å²) in [5, 5.41) is 2.83. The van der Waals surface area contributed by atoms with Gasteiger partial charge in [0.1, 0.15) is 5.88 Å². The highest BCUT2D eigenvalue weighted by molar-refractivity contribution is 7.99. The number of likely N-dealkylation sites (N-methyl/N-ethyl adjacent to an activating group) is 1. The van der Waals surface area contributed by atoms with E-state index >= 15 is 0 Å². The number of carbonyl (C=O) groups is 1. The van der Waals surface area contributed by atoms with Crippen LogP contribution in [0.1, 0.15) is 13.8 Å². The molecule has 0 radical (unpaired) electrons. The zero-order chi connectivity index (χ0) is 22.9. The van der Waals surface area contributed by atoms with Crippen molar-refractivity contribution in [3.05, 3.63) is 54.1 Å². The van der Waals surface area contributed by atoms with Crippen LogP contribution in [-0.2, 0) is 14.6 Å². The number of ether oxygens (including phenoxy) is 1. The van der Waals surface area contributed by atoms with Crippen molar-refractivity contribution in [2.24, 2.45) is 0 Å². The fourth-order valence-corrected chi connectivity index (χ4v) is 4.73. The first-order valence-electron chi connectivity index (χ1n) is 9.79. The molecule has 31 heavy (non-hydrogen) atoms. The Kier molecular flexibility index (Phi) is 9.73. The topological polar surface area (TPSA) is 75.7 Å². The summed E-state index contributed by atoms with van der Waals surface area (Å²) < 4.78 is 57.9. The molecule has 0 aromatic heterocycles. The summed E-state index contributed by atoms with van der Waals surface area (Å²) in [6.45, 7) is 4.47. The quantitative estimate of drug-likeness (QED) is 0.377. The van der Waals surface area contributed by atoms with Gasteiger partial charge in [-0.1, -0.05) is 18.2 Å². The summed E-state index contributed by atoms with van der Waals surface area (Å²) >= 11 is 1.17. The summed E-state index contributed by atoms with van der Waals surface area (Å²) in [5.41, 5.74) is 0. The minimum atomic E-state index is -3.44. The monoisotopic (exact) mass is 472 g/mol. The smallest absolute Gasteiger partial charge is 0.260 e. The molecule has 2 rings (SSSR count). The minimum absolute atomic E-state index is 0.229. The molecule has 0 atom stereocenters. The van der Waals surface area contributed by atoms with E-state index in [9.17, 15) is 22.0 Å². The summed E-state index contributed by atoms with van der Waals surface area (Å²) in [5.74, 6) is -2.54. The molecule has 0 aliphatic rings. The van der Waals surface area contributed by atoms with E-state index < -0.39 is 33.8 Å². The van der Waals surface area contributed by atoms with Crippen molar-refractivity contribution < 1.29 is 26.7 Å². The van der Waals surface area contributed by atoms with Gasteiger partial charge in [-0.25, -0.2) is 17.2 Å². The summed E-state index contributed by atoms with van der Waals surface area (Å²) in [6, 6.07) is 10.3. The van der Waals surface area contributed by atoms with Crippen LogP contribution in [0.15, 0.2) is 52.3 Å². The highest BCUT2D eigenvalue weighted by atomic mass is 32.2. The van der Waals surface area contributed by atoms with Crippen LogP contribution in [0, 0.1) is 11.6 Å². The second kappa shape index (κ2) is 12.0. The van der Waals surface area contributed by atoms with E-state index in [2.05, 4.69) is 5.32 Å². The minimum Gasteiger partial charge on any atom is -0.478 e. The number of nitrogens with zero attached hydrogens (tertiary/aromatic N) is 1. The van der Waals surface area contributed by atoms with E-state index in [1.165, 1.54) is 28.8 Å². The average molecular weight is 473 g/mol. The van der Waals surface area contributed by atoms with Gasteiger partial charge in [0.2, 0.25) is 0 Å². The average Bonchev–Trinajstić information content (AvgIpc) is 2.74. The normalized spacial score (nSPS) is 11.4. The molecule has 1 amide bonds. The van der Waals surface area contributed by atoms with E-state index in [4.69, 9.17) is 4.74 Å². The molecule has 2 aromatic rings. The Labute approximate surface area is 185 Å². The largest absolute Gasteiger partial charge is 0.478 e. The number of thioether (sulfide) groups is 1. The maximum Gasteiger partial charge on any atom is 0.260 e. The molecular formula is C21H26F2N2O4S2. The van der Waals surface area contributed by atoms with Gasteiger partial charge in [0.15, 0.2) is 33.8 Å². The van der Waals surface area contributed by atoms with E-state index in [0.717, 1.165) is 12.1 Å². The fraction of sp³-hybridized carbons (Fsp3) is 0.381. The molecule has 0 aliphatic heterocycles. The Hall–Kier alpha value is -2.17. The van der Waals surface area contributed by atoms with Crippen LogP contribution < -0.4 is 10.1 Å². The van der Waals surface area contributed by atoms with Crippen molar-refractivity contribution in [1.82, 2.24) is 10.2 Å². The number of carbonyl (C=O) groups excluding carboxylic acids is 1. The number of sulfone groups is 1. The number of benzene rings is 2. The molecule has 6 nitrogen and oxygen atoms in total. The van der Waals surface area contributed by atoms with Crippen LogP contribution in [-0.4, -0.2) is 57.1 Å². The second-order valence-corrected chi connectivity index (χ2v) is 9.65. The van der Waals surface area contributed by atoms with Gasteiger partial charge in [0.05, 0.1) is 4.90 Å².